The molecule has 0 radical (unpaired) electrons. The average Bonchev–Trinajstić information content (AvgIpc) is 2.59. The molecule has 2 rings (SSSR count). The fourth-order valence-electron chi connectivity index (χ4n) is 2.27. The summed E-state index contributed by atoms with van der Waals surface area (Å²) in [5.74, 6) is -0.485. The number of carbonyl (C=O) groups is 1. The molecule has 0 fully saturated rings. The summed E-state index contributed by atoms with van der Waals surface area (Å²) in [5.41, 5.74) is -2.86. The first-order valence-electron chi connectivity index (χ1n) is 7.07. The molecule has 0 saturated carbocycles. The maximum Gasteiger partial charge on any atom is 0.423 e. The Morgan fingerprint density at radius 1 is 1.12 bits per heavy atom. The van der Waals surface area contributed by atoms with Crippen LogP contribution in [0, 0.1) is 10.1 Å². The number of carbonyl (C=O) groups excluding carboxylic acids is 1. The summed E-state index contributed by atoms with van der Waals surface area (Å²) in [4.78, 5) is 22.1. The summed E-state index contributed by atoms with van der Waals surface area (Å²) >= 11 is 0. The summed E-state index contributed by atoms with van der Waals surface area (Å²) in [6, 6.07) is 6.72. The van der Waals surface area contributed by atoms with E-state index in [1.165, 1.54) is 26.4 Å². The lowest BCUT2D eigenvalue weighted by atomic mass is 10.1. The van der Waals surface area contributed by atoms with Crippen molar-refractivity contribution in [3.63, 3.8) is 0 Å². The fraction of sp³-hybridized carbons (Fsp3) is 0.188. The number of methoxy groups -OCH3 is 2. The van der Waals surface area contributed by atoms with Crippen molar-refractivity contribution < 1.29 is 32.4 Å². The number of halogens is 3. The third-order valence-electron chi connectivity index (χ3n) is 3.41. The van der Waals surface area contributed by atoms with E-state index in [4.69, 9.17) is 9.47 Å². The molecule has 0 aliphatic carbocycles. The van der Waals surface area contributed by atoms with Crippen molar-refractivity contribution >= 4 is 17.3 Å². The Kier molecular flexibility index (Phi) is 5.34. The van der Waals surface area contributed by atoms with Crippen molar-refractivity contribution in [1.29, 1.82) is 0 Å². The molecule has 0 spiro atoms. The molecule has 7 nitrogen and oxygen atoms in total. The summed E-state index contributed by atoms with van der Waals surface area (Å²) in [6.07, 6.45) is -4.95. The molecule has 1 amide bonds. The number of rotatable bonds is 5. The normalized spacial score (nSPS) is 11.0. The van der Waals surface area contributed by atoms with Gasteiger partial charge in [-0.25, -0.2) is 0 Å². The predicted molar refractivity (Wildman–Crippen MR) is 85.6 cm³/mol. The number of benzene rings is 2. The van der Waals surface area contributed by atoms with Crippen molar-refractivity contribution in [2.24, 2.45) is 0 Å². The lowest BCUT2D eigenvalue weighted by Gasteiger charge is -2.14. The van der Waals surface area contributed by atoms with Crippen molar-refractivity contribution in [2.75, 3.05) is 19.5 Å². The van der Waals surface area contributed by atoms with Gasteiger partial charge >= 0.3 is 6.18 Å². The monoisotopic (exact) mass is 370 g/mol. The number of nitro groups is 1. The lowest BCUT2D eigenvalue weighted by Crippen LogP contribution is -2.16. The number of hydrogen-bond acceptors (Lipinski definition) is 5. The highest BCUT2D eigenvalue weighted by molar-refractivity contribution is 6.08. The zero-order valence-electron chi connectivity index (χ0n) is 13.6. The molecule has 0 aliphatic rings. The van der Waals surface area contributed by atoms with E-state index in [1.54, 1.807) is 6.07 Å². The van der Waals surface area contributed by atoms with Crippen LogP contribution in [-0.2, 0) is 6.18 Å². The largest absolute Gasteiger partial charge is 0.496 e. The van der Waals surface area contributed by atoms with Crippen molar-refractivity contribution in [3.05, 3.63) is 57.6 Å². The number of nitrogens with one attached hydrogen (secondary N) is 1. The molecule has 0 aromatic heterocycles. The van der Waals surface area contributed by atoms with Crippen molar-refractivity contribution in [1.82, 2.24) is 0 Å². The van der Waals surface area contributed by atoms with Crippen LogP contribution in [0.5, 0.6) is 11.5 Å². The van der Waals surface area contributed by atoms with Gasteiger partial charge in [-0.15, -0.1) is 0 Å². The minimum Gasteiger partial charge on any atom is -0.496 e. The van der Waals surface area contributed by atoms with Gasteiger partial charge in [-0.3, -0.25) is 14.9 Å². The number of ether oxygens (including phenoxy) is 2. The molecule has 10 heteroatoms. The SMILES string of the molecule is COc1cccc(OC)c1C(=O)Nc1ccc([N+](=O)[O-])c(C(F)(F)F)c1. The minimum atomic E-state index is -4.95. The molecule has 138 valence electrons. The smallest absolute Gasteiger partial charge is 0.423 e. The summed E-state index contributed by atoms with van der Waals surface area (Å²) in [7, 11) is 2.64. The summed E-state index contributed by atoms with van der Waals surface area (Å²) < 4.78 is 49.2. The maximum absolute atomic E-state index is 13.0. The Labute approximate surface area is 145 Å². The first kappa shape index (κ1) is 19.0. The molecule has 0 unspecified atom stereocenters. The molecule has 1 N–H and O–H groups in total. The average molecular weight is 370 g/mol. The van der Waals surface area contributed by atoms with Crippen LogP contribution in [0.1, 0.15) is 15.9 Å². The Balaban J connectivity index is 2.44. The maximum atomic E-state index is 13.0. The topological polar surface area (TPSA) is 90.7 Å². The third kappa shape index (κ3) is 3.85. The van der Waals surface area contributed by atoms with E-state index in [9.17, 15) is 28.1 Å². The van der Waals surface area contributed by atoms with Crippen molar-refractivity contribution in [3.8, 4) is 11.5 Å². The van der Waals surface area contributed by atoms with Gasteiger partial charge in [0.2, 0.25) is 0 Å². The van der Waals surface area contributed by atoms with Gasteiger partial charge in [0.15, 0.2) is 0 Å². The van der Waals surface area contributed by atoms with Crippen LogP contribution < -0.4 is 14.8 Å². The molecule has 2 aromatic carbocycles. The number of hydrogen-bond donors (Lipinski definition) is 1. The zero-order valence-corrected chi connectivity index (χ0v) is 13.6. The Hall–Kier alpha value is -3.30. The van der Waals surface area contributed by atoms with Gasteiger partial charge in [-0.1, -0.05) is 6.07 Å². The second-order valence-electron chi connectivity index (χ2n) is 4.98. The standard InChI is InChI=1S/C16H13F3N2O5/c1-25-12-4-3-5-13(26-2)14(12)15(22)20-9-6-7-11(21(23)24)10(8-9)16(17,18)19/h3-8H,1-2H3,(H,20,22). The molecular formula is C16H13F3N2O5. The molecule has 0 saturated heterocycles. The lowest BCUT2D eigenvalue weighted by molar-refractivity contribution is -0.388. The van der Waals surface area contributed by atoms with Gasteiger partial charge in [-0.05, 0) is 24.3 Å². The zero-order chi connectivity index (χ0) is 19.5. The van der Waals surface area contributed by atoms with Crippen molar-refractivity contribution in [2.45, 2.75) is 6.18 Å². The van der Waals surface area contributed by atoms with Gasteiger partial charge in [0.25, 0.3) is 11.6 Å². The van der Waals surface area contributed by atoms with Crippen LogP contribution in [0.4, 0.5) is 24.5 Å². The molecule has 2 aromatic rings. The van der Waals surface area contributed by atoms with Crippen LogP contribution in [0.2, 0.25) is 0 Å². The van der Waals surface area contributed by atoms with Crippen LogP contribution >= 0.6 is 0 Å². The predicted octanol–water partition coefficient (Wildman–Crippen LogP) is 3.88. The highest BCUT2D eigenvalue weighted by atomic mass is 19.4. The van der Waals surface area contributed by atoms with E-state index in [1.807, 2.05) is 0 Å². The second-order valence-corrected chi connectivity index (χ2v) is 4.98. The highest BCUT2D eigenvalue weighted by Gasteiger charge is 2.38. The van der Waals surface area contributed by atoms with Crippen LogP contribution in [-0.4, -0.2) is 25.1 Å². The third-order valence-corrected chi connectivity index (χ3v) is 3.41. The molecule has 0 atom stereocenters. The molecule has 0 heterocycles. The van der Waals surface area contributed by atoms with Crippen LogP contribution in [0.3, 0.4) is 0 Å². The quantitative estimate of drug-likeness (QED) is 0.637. The number of nitro benzene ring substituents is 1. The molecule has 0 bridgehead atoms. The van der Waals surface area contributed by atoms with E-state index in [0.29, 0.717) is 12.1 Å². The van der Waals surface area contributed by atoms with Crippen LogP contribution in [0.25, 0.3) is 0 Å². The van der Waals surface area contributed by atoms with Gasteiger partial charge in [0, 0.05) is 11.8 Å². The second kappa shape index (κ2) is 7.30. The Bertz CT molecular complexity index is 830. The Morgan fingerprint density at radius 3 is 2.15 bits per heavy atom. The first-order chi connectivity index (χ1) is 12.2. The summed E-state index contributed by atoms with van der Waals surface area (Å²) in [6.45, 7) is 0. The molecule has 0 aliphatic heterocycles. The van der Waals surface area contributed by atoms with E-state index in [0.717, 1.165) is 6.07 Å². The van der Waals surface area contributed by atoms with Gasteiger partial charge < -0.3 is 14.8 Å². The first-order valence-corrected chi connectivity index (χ1v) is 7.07. The number of anilines is 1. The van der Waals surface area contributed by atoms with E-state index < -0.39 is 28.3 Å². The van der Waals surface area contributed by atoms with E-state index in [-0.39, 0.29) is 22.7 Å². The number of nitrogens with zero attached hydrogens (tertiary/aromatic N) is 1. The highest BCUT2D eigenvalue weighted by Crippen LogP contribution is 2.38. The van der Waals surface area contributed by atoms with E-state index >= 15 is 0 Å². The van der Waals surface area contributed by atoms with Gasteiger partial charge in [0.1, 0.15) is 22.6 Å². The van der Waals surface area contributed by atoms with Gasteiger partial charge in [-0.2, -0.15) is 13.2 Å². The van der Waals surface area contributed by atoms with Gasteiger partial charge in [0.05, 0.1) is 19.1 Å². The minimum absolute atomic E-state index is 0.0237. The molecular weight excluding hydrogens is 357 g/mol. The number of alkyl halides is 3. The molecule has 26 heavy (non-hydrogen) atoms. The van der Waals surface area contributed by atoms with E-state index in [2.05, 4.69) is 5.32 Å². The summed E-state index contributed by atoms with van der Waals surface area (Å²) in [5, 5.41) is 13.0. The fourth-order valence-corrected chi connectivity index (χ4v) is 2.27. The number of amides is 1. The van der Waals surface area contributed by atoms with Crippen LogP contribution in [0.15, 0.2) is 36.4 Å². The Morgan fingerprint density at radius 2 is 1.69 bits per heavy atom.